The van der Waals surface area contributed by atoms with Crippen LogP contribution in [-0.2, 0) is 0 Å². The molecule has 4 heteroatoms. The van der Waals surface area contributed by atoms with Crippen LogP contribution in [0.2, 0.25) is 19.6 Å². The van der Waals surface area contributed by atoms with E-state index < -0.39 is 8.32 Å². The van der Waals surface area contributed by atoms with Crippen LogP contribution in [0.25, 0.3) is 0 Å². The van der Waals surface area contributed by atoms with Crippen LogP contribution in [0.5, 0.6) is 5.75 Å². The van der Waals surface area contributed by atoms with E-state index in [2.05, 4.69) is 35.6 Å². The minimum absolute atomic E-state index is 0.00412. The normalized spacial score (nSPS) is 13.7. The van der Waals surface area contributed by atoms with Crippen molar-refractivity contribution < 1.29 is 4.43 Å². The van der Waals surface area contributed by atoms with Gasteiger partial charge < -0.3 is 10.2 Å². The van der Waals surface area contributed by atoms with Crippen LogP contribution in [0, 0.1) is 0 Å². The van der Waals surface area contributed by atoms with Gasteiger partial charge in [-0.1, -0.05) is 22.0 Å². The van der Waals surface area contributed by atoms with Crippen molar-refractivity contribution in [2.24, 2.45) is 5.73 Å². The molecule has 0 fully saturated rings. The highest BCUT2D eigenvalue weighted by molar-refractivity contribution is 9.10. The zero-order valence-electron chi connectivity index (χ0n) is 9.67. The highest BCUT2D eigenvalue weighted by Crippen LogP contribution is 2.29. The van der Waals surface area contributed by atoms with E-state index in [1.807, 2.05) is 25.1 Å². The van der Waals surface area contributed by atoms with Gasteiger partial charge in [0, 0.05) is 16.1 Å². The minimum Gasteiger partial charge on any atom is -0.544 e. The largest absolute Gasteiger partial charge is 0.544 e. The lowest BCUT2D eigenvalue weighted by atomic mass is 10.1. The first kappa shape index (κ1) is 12.7. The third-order valence-electron chi connectivity index (χ3n) is 1.88. The average Bonchev–Trinajstić information content (AvgIpc) is 1.99. The van der Waals surface area contributed by atoms with Gasteiger partial charge in [0.15, 0.2) is 0 Å². The van der Waals surface area contributed by atoms with Crippen molar-refractivity contribution in [3.63, 3.8) is 0 Å². The molecule has 0 bridgehead atoms. The van der Waals surface area contributed by atoms with Gasteiger partial charge in [0.25, 0.3) is 0 Å². The Morgan fingerprint density at radius 1 is 1.33 bits per heavy atom. The lowest BCUT2D eigenvalue weighted by Crippen LogP contribution is -2.30. The van der Waals surface area contributed by atoms with Crippen molar-refractivity contribution >= 4 is 24.2 Å². The molecule has 2 nitrogen and oxygen atoms in total. The molecule has 2 N–H and O–H groups in total. The van der Waals surface area contributed by atoms with Gasteiger partial charge in [-0.05, 0) is 38.7 Å². The third-order valence-corrected chi connectivity index (χ3v) is 3.21. The Balaban J connectivity index is 3.08. The van der Waals surface area contributed by atoms with E-state index in [0.717, 1.165) is 15.8 Å². The molecule has 0 radical (unpaired) electrons. The second kappa shape index (κ2) is 4.68. The highest BCUT2D eigenvalue weighted by Gasteiger charge is 2.19. The topological polar surface area (TPSA) is 35.2 Å². The van der Waals surface area contributed by atoms with E-state index in [4.69, 9.17) is 10.2 Å². The molecule has 1 aromatic carbocycles. The second-order valence-electron chi connectivity index (χ2n) is 4.69. The summed E-state index contributed by atoms with van der Waals surface area (Å²) in [7, 11) is -1.57. The molecule has 0 heterocycles. The van der Waals surface area contributed by atoms with Crippen molar-refractivity contribution in [1.29, 1.82) is 0 Å². The molecular weight excluding hydrogens is 270 g/mol. The maximum Gasteiger partial charge on any atom is 0.242 e. The quantitative estimate of drug-likeness (QED) is 0.861. The number of hydrogen-bond donors (Lipinski definition) is 1. The fraction of sp³-hybridized carbons (Fsp3) is 0.455. The van der Waals surface area contributed by atoms with Gasteiger partial charge in [0.05, 0.1) is 0 Å². The first-order valence-corrected chi connectivity index (χ1v) is 9.24. The Morgan fingerprint density at radius 3 is 2.40 bits per heavy atom. The summed E-state index contributed by atoms with van der Waals surface area (Å²) in [5.74, 6) is 0.915. The van der Waals surface area contributed by atoms with Gasteiger partial charge in [-0.3, -0.25) is 0 Å². The molecule has 0 saturated heterocycles. The van der Waals surface area contributed by atoms with Crippen LogP contribution in [0.4, 0.5) is 0 Å². The van der Waals surface area contributed by atoms with Crippen LogP contribution in [0.15, 0.2) is 22.7 Å². The lowest BCUT2D eigenvalue weighted by molar-refractivity contribution is 0.542. The first-order valence-electron chi connectivity index (χ1n) is 5.03. The summed E-state index contributed by atoms with van der Waals surface area (Å²) in [6.45, 7) is 8.47. The fourth-order valence-corrected chi connectivity index (χ4v) is 2.48. The molecule has 0 spiro atoms. The van der Waals surface area contributed by atoms with E-state index in [1.165, 1.54) is 0 Å². The maximum absolute atomic E-state index is 6.00. The highest BCUT2D eigenvalue weighted by atomic mass is 79.9. The number of halogens is 1. The molecule has 0 aromatic heterocycles. The fourth-order valence-electron chi connectivity index (χ4n) is 1.30. The van der Waals surface area contributed by atoms with Crippen LogP contribution < -0.4 is 10.2 Å². The van der Waals surface area contributed by atoms with Crippen molar-refractivity contribution in [2.45, 2.75) is 32.6 Å². The van der Waals surface area contributed by atoms with Crippen molar-refractivity contribution in [2.75, 3.05) is 0 Å². The second-order valence-corrected chi connectivity index (χ2v) is 10.0. The molecule has 0 amide bonds. The zero-order valence-corrected chi connectivity index (χ0v) is 12.3. The first-order chi connectivity index (χ1) is 6.79. The molecule has 1 aromatic rings. The third kappa shape index (κ3) is 3.97. The summed E-state index contributed by atoms with van der Waals surface area (Å²) in [5.41, 5.74) is 6.97. The molecule has 0 saturated carbocycles. The predicted molar refractivity (Wildman–Crippen MR) is 70.7 cm³/mol. The molecule has 0 unspecified atom stereocenters. The SMILES string of the molecule is C[C@@H](N)c1ccc(Br)cc1O[Si](C)(C)C. The maximum atomic E-state index is 6.00. The van der Waals surface area contributed by atoms with Crippen LogP contribution in [0.1, 0.15) is 18.5 Å². The van der Waals surface area contributed by atoms with E-state index in [1.54, 1.807) is 0 Å². The molecule has 15 heavy (non-hydrogen) atoms. The molecule has 0 aliphatic carbocycles. The summed E-state index contributed by atoms with van der Waals surface area (Å²) >= 11 is 3.45. The monoisotopic (exact) mass is 287 g/mol. The Labute approximate surface area is 101 Å². The van der Waals surface area contributed by atoms with Crippen molar-refractivity contribution in [1.82, 2.24) is 0 Å². The Kier molecular flexibility index (Phi) is 3.97. The van der Waals surface area contributed by atoms with E-state index >= 15 is 0 Å². The van der Waals surface area contributed by atoms with Gasteiger partial charge in [-0.25, -0.2) is 0 Å². The standard InChI is InChI=1S/C11H18BrNOSi/c1-8(13)10-6-5-9(12)7-11(10)14-15(2,3)4/h5-8H,13H2,1-4H3/t8-/m1/s1. The Hall–Kier alpha value is -0.323. The van der Waals surface area contributed by atoms with Crippen molar-refractivity contribution in [3.8, 4) is 5.75 Å². The van der Waals surface area contributed by atoms with E-state index in [-0.39, 0.29) is 6.04 Å². The number of hydrogen-bond acceptors (Lipinski definition) is 2. The van der Waals surface area contributed by atoms with E-state index in [0.29, 0.717) is 0 Å². The van der Waals surface area contributed by atoms with E-state index in [9.17, 15) is 0 Å². The van der Waals surface area contributed by atoms with Crippen LogP contribution in [-0.4, -0.2) is 8.32 Å². The van der Waals surface area contributed by atoms with Gasteiger partial charge in [0.2, 0.25) is 8.32 Å². The summed E-state index contributed by atoms with van der Waals surface area (Å²) in [5, 5.41) is 0. The Morgan fingerprint density at radius 2 is 1.93 bits per heavy atom. The zero-order chi connectivity index (χ0) is 11.6. The molecule has 0 aliphatic rings. The number of rotatable bonds is 3. The van der Waals surface area contributed by atoms with Crippen LogP contribution >= 0.6 is 15.9 Å². The van der Waals surface area contributed by atoms with Gasteiger partial charge >= 0.3 is 0 Å². The lowest BCUT2D eigenvalue weighted by Gasteiger charge is -2.23. The van der Waals surface area contributed by atoms with Gasteiger partial charge in [0.1, 0.15) is 5.75 Å². The van der Waals surface area contributed by atoms with Gasteiger partial charge in [-0.2, -0.15) is 0 Å². The molecular formula is C11H18BrNOSi. The smallest absolute Gasteiger partial charge is 0.242 e. The number of nitrogens with two attached hydrogens (primary N) is 1. The minimum atomic E-state index is -1.57. The predicted octanol–water partition coefficient (Wildman–Crippen LogP) is 3.68. The summed E-state index contributed by atoms with van der Waals surface area (Å²) in [6.07, 6.45) is 0. The van der Waals surface area contributed by atoms with Crippen molar-refractivity contribution in [3.05, 3.63) is 28.2 Å². The molecule has 84 valence electrons. The summed E-state index contributed by atoms with van der Waals surface area (Å²) in [4.78, 5) is 0. The van der Waals surface area contributed by atoms with Gasteiger partial charge in [-0.15, -0.1) is 0 Å². The molecule has 1 rings (SSSR count). The summed E-state index contributed by atoms with van der Waals surface area (Å²) < 4.78 is 7.03. The van der Waals surface area contributed by atoms with Crippen LogP contribution in [0.3, 0.4) is 0 Å². The summed E-state index contributed by atoms with van der Waals surface area (Å²) in [6, 6.07) is 6.01. The molecule has 1 atom stereocenters. The molecule has 0 aliphatic heterocycles. The number of benzene rings is 1. The Bertz CT molecular complexity index is 347. The average molecular weight is 288 g/mol.